The molecule has 49 heavy (non-hydrogen) atoms. The van der Waals surface area contributed by atoms with Gasteiger partial charge in [-0.1, -0.05) is 24.3 Å². The number of carbonyl (C=O) groups is 4. The van der Waals surface area contributed by atoms with Crippen molar-refractivity contribution in [3.05, 3.63) is 95.1 Å². The monoisotopic (exact) mass is 666 g/mol. The molecule has 14 heteroatoms. The summed E-state index contributed by atoms with van der Waals surface area (Å²) >= 11 is 0. The van der Waals surface area contributed by atoms with Crippen LogP contribution in [0.2, 0.25) is 0 Å². The molecule has 1 aliphatic carbocycles. The number of nitrogens with zero attached hydrogens (tertiary/aromatic N) is 2. The van der Waals surface area contributed by atoms with Crippen LogP contribution in [0.25, 0.3) is 43.6 Å². The molecule has 0 radical (unpaired) electrons. The van der Waals surface area contributed by atoms with Crippen molar-refractivity contribution < 1.29 is 48.0 Å². The average Bonchev–Trinajstić information content (AvgIpc) is 3.70. The third-order valence-electron chi connectivity index (χ3n) is 9.85. The van der Waals surface area contributed by atoms with Gasteiger partial charge in [0.25, 0.3) is 17.7 Å². The third-order valence-corrected chi connectivity index (χ3v) is 9.85. The maximum atomic E-state index is 15.0. The average molecular weight is 667 g/mol. The number of hydrogen-bond acceptors (Lipinski definition) is 8. The van der Waals surface area contributed by atoms with Crippen molar-refractivity contribution in [3.8, 4) is 0 Å². The lowest BCUT2D eigenvalue weighted by molar-refractivity contribution is -0.245. The molecule has 5 heterocycles. The van der Waals surface area contributed by atoms with Crippen molar-refractivity contribution in [1.82, 2.24) is 19.8 Å². The summed E-state index contributed by atoms with van der Waals surface area (Å²) in [7, 11) is 0. The Kier molecular flexibility index (Phi) is 6.18. The van der Waals surface area contributed by atoms with Crippen LogP contribution in [0.3, 0.4) is 0 Å². The highest BCUT2D eigenvalue weighted by Gasteiger charge is 2.48. The van der Waals surface area contributed by atoms with Gasteiger partial charge in [-0.3, -0.25) is 29.4 Å². The summed E-state index contributed by atoms with van der Waals surface area (Å²) in [5, 5.41) is 37.2. The van der Waals surface area contributed by atoms with E-state index in [9.17, 15) is 38.9 Å². The highest BCUT2D eigenvalue weighted by Crippen LogP contribution is 2.46. The number of carbonyl (C=O) groups excluding carboxylic acids is 4. The summed E-state index contributed by atoms with van der Waals surface area (Å²) in [6, 6.07) is 7.53. The van der Waals surface area contributed by atoms with E-state index in [1.54, 1.807) is 24.3 Å². The molecule has 0 bridgehead atoms. The van der Waals surface area contributed by atoms with E-state index in [-0.39, 0.29) is 49.4 Å². The van der Waals surface area contributed by atoms with Crippen LogP contribution in [0.15, 0.2) is 72.4 Å². The zero-order valence-electron chi connectivity index (χ0n) is 25.1. The predicted molar refractivity (Wildman–Crippen MR) is 169 cm³/mol. The second kappa shape index (κ2) is 10.2. The summed E-state index contributed by atoms with van der Waals surface area (Å²) in [6.07, 6.45) is -0.637. The topological polar surface area (TPSA) is 174 Å². The number of aromatic nitrogens is 2. The number of amides is 4. The number of imide groups is 2. The Labute approximate surface area is 273 Å². The summed E-state index contributed by atoms with van der Waals surface area (Å²) in [5.41, 5.74) is 1.23. The molecule has 5 aromatic rings. The van der Waals surface area contributed by atoms with Crippen LogP contribution in [-0.4, -0.2) is 84.4 Å². The second-order valence-corrected chi connectivity index (χ2v) is 12.5. The lowest BCUT2D eigenvalue weighted by atomic mass is 9.89. The van der Waals surface area contributed by atoms with Gasteiger partial charge in [0, 0.05) is 33.1 Å². The molecule has 4 amide bonds. The Morgan fingerprint density at radius 2 is 1.55 bits per heavy atom. The van der Waals surface area contributed by atoms with Gasteiger partial charge in [0.1, 0.15) is 36.1 Å². The second-order valence-electron chi connectivity index (χ2n) is 12.5. The minimum atomic E-state index is -1.88. The number of halogens is 2. The fourth-order valence-corrected chi connectivity index (χ4v) is 7.66. The maximum absolute atomic E-state index is 15.0. The number of benzene rings is 3. The van der Waals surface area contributed by atoms with Gasteiger partial charge in [-0.05, 0) is 42.0 Å². The zero-order valence-corrected chi connectivity index (χ0v) is 25.1. The van der Waals surface area contributed by atoms with E-state index in [4.69, 9.17) is 4.74 Å². The van der Waals surface area contributed by atoms with Gasteiger partial charge >= 0.3 is 0 Å². The smallest absolute Gasteiger partial charge is 0.259 e. The Hall–Kier alpha value is -5.54. The van der Waals surface area contributed by atoms with Crippen LogP contribution in [-0.2, 0) is 14.3 Å². The van der Waals surface area contributed by atoms with Gasteiger partial charge in [0.15, 0.2) is 6.23 Å². The summed E-state index contributed by atoms with van der Waals surface area (Å²) < 4.78 is 37.0. The fraction of sp³-hybridized carbons (Fsp3) is 0.200. The minimum Gasteiger partial charge on any atom is -0.388 e. The van der Waals surface area contributed by atoms with Gasteiger partial charge in [-0.25, -0.2) is 8.78 Å². The Morgan fingerprint density at radius 1 is 0.837 bits per heavy atom. The number of aliphatic hydroxyl groups excluding tert-OH is 3. The van der Waals surface area contributed by atoms with Gasteiger partial charge in [0.05, 0.1) is 40.1 Å². The van der Waals surface area contributed by atoms with Gasteiger partial charge in [-0.2, -0.15) is 0 Å². The van der Waals surface area contributed by atoms with Crippen LogP contribution in [0.4, 0.5) is 8.78 Å². The minimum absolute atomic E-state index is 0.0216. The highest BCUT2D eigenvalue weighted by molar-refractivity contribution is 6.39. The number of H-pyrrole nitrogens is 1. The van der Waals surface area contributed by atoms with Gasteiger partial charge in [-0.15, -0.1) is 0 Å². The van der Waals surface area contributed by atoms with Crippen LogP contribution in [0.5, 0.6) is 0 Å². The Balaban J connectivity index is 1.28. The van der Waals surface area contributed by atoms with E-state index in [0.29, 0.717) is 11.0 Å². The molecule has 0 saturated carbocycles. The van der Waals surface area contributed by atoms with E-state index in [1.165, 1.54) is 34.9 Å². The molecule has 6 atom stereocenters. The number of rotatable bonds is 3. The highest BCUT2D eigenvalue weighted by atomic mass is 19.1. The van der Waals surface area contributed by atoms with Gasteiger partial charge in [0.2, 0.25) is 5.91 Å². The molecule has 1 fully saturated rings. The number of hydrogen-bond donors (Lipinski definition) is 5. The molecule has 246 valence electrons. The first kappa shape index (κ1) is 29.6. The zero-order chi connectivity index (χ0) is 34.0. The number of ether oxygens (including phenoxy) is 1. The van der Waals surface area contributed by atoms with Crippen LogP contribution in [0.1, 0.15) is 26.9 Å². The number of nitrogens with one attached hydrogen (secondary N) is 2. The first-order chi connectivity index (χ1) is 23.5. The predicted octanol–water partition coefficient (Wildman–Crippen LogP) is 2.61. The molecule has 5 N–H and O–H groups in total. The molecular formula is C35H24F2N4O8. The summed E-state index contributed by atoms with van der Waals surface area (Å²) in [5.74, 6) is -4.69. The van der Waals surface area contributed by atoms with Crippen molar-refractivity contribution in [2.45, 2.75) is 30.6 Å². The van der Waals surface area contributed by atoms with Gasteiger partial charge < -0.3 is 29.6 Å². The Morgan fingerprint density at radius 3 is 2.33 bits per heavy atom. The Bertz CT molecular complexity index is 2480. The van der Waals surface area contributed by atoms with Crippen molar-refractivity contribution in [3.63, 3.8) is 0 Å². The lowest BCUT2D eigenvalue weighted by Crippen LogP contribution is -2.59. The van der Waals surface area contributed by atoms with E-state index in [2.05, 4.69) is 10.3 Å². The first-order valence-corrected chi connectivity index (χ1v) is 15.4. The molecule has 1 saturated heterocycles. The first-order valence-electron chi connectivity index (χ1n) is 15.4. The quantitative estimate of drug-likeness (QED) is 0.183. The number of allylic oxidation sites excluding steroid dienone is 3. The SMILES string of the molecule is O=C1NC(=O)c2c1c1c3ccc(F)cc3[nH]c1c1c2c2ccc(F)cc2n1[C@@H]1O[C@H](CN2C(=O)C=C3C=CC=CC3C2=O)[C@@H](O)[C@H](O)[C@H]1O. The number of fused-ring (bicyclic) bond motifs is 11. The molecule has 9 rings (SSSR count). The molecule has 3 aliphatic heterocycles. The largest absolute Gasteiger partial charge is 0.388 e. The fourth-order valence-electron chi connectivity index (χ4n) is 7.66. The molecule has 2 aromatic heterocycles. The van der Waals surface area contributed by atoms with E-state index in [0.717, 1.165) is 17.0 Å². The molecular weight excluding hydrogens is 642 g/mol. The molecule has 0 spiro atoms. The normalized spacial score (nSPS) is 26.7. The maximum Gasteiger partial charge on any atom is 0.259 e. The molecule has 4 aliphatic rings. The number of aromatic amines is 1. The molecule has 3 aromatic carbocycles. The van der Waals surface area contributed by atoms with Crippen molar-refractivity contribution >= 4 is 67.2 Å². The standard InChI is InChI=1S/C35H24F2N4O8/c36-14-5-7-17-19(10-14)38-27-23(17)25-26(33(47)39-32(25)46)24-18-8-6-15(37)11-20(18)41(28(24)27)35-31(45)30(44)29(43)21(49-35)12-40-22(42)9-13-3-1-2-4-16(13)34(40)48/h1-11,16,21,29-31,35,38,43-45H,12H2,(H,39,46,47)/t16?,21-,29-,30+,31-,35-/m1/s1. The lowest BCUT2D eigenvalue weighted by Gasteiger charge is -2.43. The third kappa shape index (κ3) is 4.02. The molecule has 12 nitrogen and oxygen atoms in total. The summed E-state index contributed by atoms with van der Waals surface area (Å²) in [4.78, 5) is 57.2. The van der Waals surface area contributed by atoms with Crippen molar-refractivity contribution in [1.29, 1.82) is 0 Å². The van der Waals surface area contributed by atoms with Crippen LogP contribution < -0.4 is 5.32 Å². The number of aliphatic hydroxyl groups is 3. The van der Waals surface area contributed by atoms with E-state index >= 15 is 4.39 Å². The van der Waals surface area contributed by atoms with Crippen molar-refractivity contribution in [2.24, 2.45) is 5.92 Å². The molecule has 1 unspecified atom stereocenters. The van der Waals surface area contributed by atoms with Crippen LogP contribution in [0, 0.1) is 17.6 Å². The van der Waals surface area contributed by atoms with Crippen LogP contribution >= 0.6 is 0 Å². The van der Waals surface area contributed by atoms with E-state index < -0.39 is 78.4 Å². The summed E-state index contributed by atoms with van der Waals surface area (Å²) in [6.45, 7) is -0.504. The van der Waals surface area contributed by atoms with Crippen molar-refractivity contribution in [2.75, 3.05) is 6.54 Å². The van der Waals surface area contributed by atoms with E-state index in [1.807, 2.05) is 0 Å².